The summed E-state index contributed by atoms with van der Waals surface area (Å²) in [7, 11) is 0. The zero-order chi connectivity index (χ0) is 19.0. The number of rotatable bonds is 3. The fourth-order valence-corrected chi connectivity index (χ4v) is 3.98. The van der Waals surface area contributed by atoms with Crippen LogP contribution in [0.4, 0.5) is 19.0 Å². The predicted molar refractivity (Wildman–Crippen MR) is 113 cm³/mol. The summed E-state index contributed by atoms with van der Waals surface area (Å²) in [5.74, 6) is 1.62. The highest BCUT2D eigenvalue weighted by atomic mass is 35.5. The summed E-state index contributed by atoms with van der Waals surface area (Å²) >= 11 is -0.106. The number of aromatic nitrogens is 3. The topological polar surface area (TPSA) is 76.3 Å². The number of thioether (sulfide) groups is 1. The third kappa shape index (κ3) is 5.34. The van der Waals surface area contributed by atoms with Crippen LogP contribution in [0.1, 0.15) is 25.1 Å². The van der Waals surface area contributed by atoms with Gasteiger partial charge in [-0.1, -0.05) is 12.1 Å². The molecule has 2 aromatic heterocycles. The van der Waals surface area contributed by atoms with Crippen LogP contribution < -0.4 is 4.90 Å². The number of piperidine rings is 1. The molecule has 3 aromatic rings. The zero-order valence-corrected chi connectivity index (χ0v) is 17.3. The second kappa shape index (κ2) is 9.23. The van der Waals surface area contributed by atoms with Gasteiger partial charge in [0.15, 0.2) is 5.82 Å². The van der Waals surface area contributed by atoms with Gasteiger partial charge >= 0.3 is 5.51 Å². The molecule has 0 saturated carbocycles. The van der Waals surface area contributed by atoms with Crippen molar-refractivity contribution in [3.63, 3.8) is 0 Å². The molecule has 29 heavy (non-hydrogen) atoms. The second-order valence-electron chi connectivity index (χ2n) is 6.66. The number of H-pyrrole nitrogens is 1. The molecule has 5 nitrogen and oxygen atoms in total. The van der Waals surface area contributed by atoms with Gasteiger partial charge in [-0.2, -0.15) is 13.2 Å². The molecule has 1 aliphatic rings. The number of fused-ring (bicyclic) bond motifs is 1. The molecule has 0 bridgehead atoms. The lowest BCUT2D eigenvalue weighted by Gasteiger charge is -2.28. The van der Waals surface area contributed by atoms with E-state index in [9.17, 15) is 13.2 Å². The van der Waals surface area contributed by atoms with Crippen molar-refractivity contribution in [1.29, 1.82) is 0 Å². The molecule has 1 fully saturated rings. The zero-order valence-electron chi connectivity index (χ0n) is 15.7. The number of benzene rings is 1. The molecule has 1 aromatic carbocycles. The van der Waals surface area contributed by atoms with E-state index in [4.69, 9.17) is 0 Å². The summed E-state index contributed by atoms with van der Waals surface area (Å²) in [6, 6.07) is 8.30. The lowest BCUT2D eigenvalue weighted by atomic mass is 10.1. The lowest BCUT2D eigenvalue weighted by molar-refractivity contribution is -0.0328. The number of aromatic amines is 1. The van der Waals surface area contributed by atoms with Gasteiger partial charge in [0.1, 0.15) is 11.3 Å². The largest absolute Gasteiger partial charge is 0.446 e. The van der Waals surface area contributed by atoms with E-state index in [1.54, 1.807) is 12.1 Å². The number of halogens is 4. The average molecular weight is 447 g/mol. The maximum absolute atomic E-state index is 12.5. The summed E-state index contributed by atoms with van der Waals surface area (Å²) < 4.78 is 37.5. The number of alkyl halides is 3. The number of aryl methyl sites for hydroxylation is 1. The molecule has 0 radical (unpaired) electrons. The molecular weight excluding hydrogens is 425 g/mol. The first-order valence-corrected chi connectivity index (χ1v) is 9.69. The number of hydrogen-bond acceptors (Lipinski definition) is 4. The molecule has 0 spiro atoms. The Morgan fingerprint density at radius 2 is 1.69 bits per heavy atom. The normalized spacial score (nSPS) is 14.4. The Bertz CT molecular complexity index is 956. The van der Waals surface area contributed by atoms with Crippen LogP contribution in [0.5, 0.6) is 0 Å². The van der Waals surface area contributed by atoms with Gasteiger partial charge in [-0.25, -0.2) is 9.97 Å². The quantitative estimate of drug-likeness (QED) is 0.565. The van der Waals surface area contributed by atoms with E-state index in [1.807, 2.05) is 13.0 Å². The standard InChI is InChI=1S/C19H19F3N4S.ClH.H2O/c1-12-23-16-11-15(13-5-7-14(8-6-13)27-19(20,21)22)25-17(16)18(24-12)26-9-3-2-4-10-26;;/h5-8,11,25H,2-4,9-10H2,1H3;1H;1H2. The molecule has 0 unspecified atom stereocenters. The van der Waals surface area contributed by atoms with Crippen molar-refractivity contribution in [3.8, 4) is 11.3 Å². The number of nitrogens with zero attached hydrogens (tertiary/aromatic N) is 3. The van der Waals surface area contributed by atoms with Gasteiger partial charge < -0.3 is 15.4 Å². The number of hydrogen-bond donors (Lipinski definition) is 1. The van der Waals surface area contributed by atoms with Gasteiger partial charge in [-0.05, 0) is 61.7 Å². The van der Waals surface area contributed by atoms with Crippen molar-refractivity contribution in [2.24, 2.45) is 0 Å². The van der Waals surface area contributed by atoms with Gasteiger partial charge in [0.05, 0.1) is 5.52 Å². The summed E-state index contributed by atoms with van der Waals surface area (Å²) in [5, 5.41) is 0. The first-order valence-electron chi connectivity index (χ1n) is 8.87. The lowest BCUT2D eigenvalue weighted by Crippen LogP contribution is -2.30. The van der Waals surface area contributed by atoms with Crippen LogP contribution in [0.3, 0.4) is 0 Å². The highest BCUT2D eigenvalue weighted by Gasteiger charge is 2.29. The number of anilines is 1. The third-order valence-corrected chi connectivity index (χ3v) is 5.36. The van der Waals surface area contributed by atoms with Gasteiger partial charge in [0, 0.05) is 23.7 Å². The molecule has 1 saturated heterocycles. The van der Waals surface area contributed by atoms with Crippen molar-refractivity contribution in [1.82, 2.24) is 15.0 Å². The first kappa shape index (κ1) is 23.3. The van der Waals surface area contributed by atoms with E-state index in [2.05, 4.69) is 19.9 Å². The van der Waals surface area contributed by atoms with Crippen molar-refractivity contribution in [2.75, 3.05) is 18.0 Å². The Labute approximate surface area is 176 Å². The first-order chi connectivity index (χ1) is 12.9. The third-order valence-electron chi connectivity index (χ3n) is 4.62. The van der Waals surface area contributed by atoms with E-state index < -0.39 is 5.51 Å². The molecule has 4 rings (SSSR count). The molecule has 1 aliphatic heterocycles. The Balaban J connectivity index is 0.00000150. The average Bonchev–Trinajstić information content (AvgIpc) is 3.05. The van der Waals surface area contributed by atoms with Crippen molar-refractivity contribution in [3.05, 3.63) is 36.2 Å². The van der Waals surface area contributed by atoms with Crippen molar-refractivity contribution >= 4 is 41.0 Å². The van der Waals surface area contributed by atoms with E-state index in [0.29, 0.717) is 5.82 Å². The van der Waals surface area contributed by atoms with Crippen LogP contribution in [-0.4, -0.2) is 39.0 Å². The van der Waals surface area contributed by atoms with E-state index in [0.717, 1.165) is 54.0 Å². The molecule has 0 atom stereocenters. The fourth-order valence-electron chi connectivity index (χ4n) is 3.44. The smallest absolute Gasteiger partial charge is 0.412 e. The fraction of sp³-hybridized carbons (Fsp3) is 0.368. The molecule has 0 aliphatic carbocycles. The molecule has 0 amide bonds. The van der Waals surface area contributed by atoms with Crippen molar-refractivity contribution < 1.29 is 18.6 Å². The minimum absolute atomic E-state index is 0. The molecular formula is C19H22ClF3N4OS. The summed E-state index contributed by atoms with van der Waals surface area (Å²) in [4.78, 5) is 15.0. The monoisotopic (exact) mass is 446 g/mol. The Morgan fingerprint density at radius 3 is 2.31 bits per heavy atom. The minimum atomic E-state index is -4.28. The number of nitrogens with one attached hydrogen (secondary N) is 1. The molecule has 3 heterocycles. The molecule has 158 valence electrons. The summed E-state index contributed by atoms with van der Waals surface area (Å²) in [5.41, 5.74) is -0.925. The van der Waals surface area contributed by atoms with Crippen LogP contribution in [0.25, 0.3) is 22.3 Å². The van der Waals surface area contributed by atoms with Gasteiger partial charge in [0.2, 0.25) is 0 Å². The van der Waals surface area contributed by atoms with Crippen LogP contribution >= 0.6 is 24.2 Å². The Kier molecular flexibility index (Phi) is 7.42. The predicted octanol–water partition coefficient (Wildman–Crippen LogP) is 5.13. The van der Waals surface area contributed by atoms with Crippen molar-refractivity contribution in [2.45, 2.75) is 36.6 Å². The van der Waals surface area contributed by atoms with E-state index >= 15 is 0 Å². The van der Waals surface area contributed by atoms with Crippen LogP contribution in [-0.2, 0) is 0 Å². The Morgan fingerprint density at radius 1 is 1.03 bits per heavy atom. The van der Waals surface area contributed by atoms with E-state index in [1.165, 1.54) is 18.6 Å². The second-order valence-corrected chi connectivity index (χ2v) is 7.80. The Hall–Kier alpha value is -1.97. The highest BCUT2D eigenvalue weighted by molar-refractivity contribution is 8.00. The maximum atomic E-state index is 12.5. The molecule has 10 heteroatoms. The van der Waals surface area contributed by atoms with Gasteiger partial charge in [-0.3, -0.25) is 0 Å². The van der Waals surface area contributed by atoms with Gasteiger partial charge in [-0.15, -0.1) is 12.4 Å². The minimum Gasteiger partial charge on any atom is -0.412 e. The van der Waals surface area contributed by atoms with Gasteiger partial charge in [0.25, 0.3) is 0 Å². The van der Waals surface area contributed by atoms with Crippen LogP contribution in [0, 0.1) is 6.92 Å². The molecule has 3 N–H and O–H groups in total. The maximum Gasteiger partial charge on any atom is 0.446 e. The summed E-state index contributed by atoms with van der Waals surface area (Å²) in [6.07, 6.45) is 3.54. The van der Waals surface area contributed by atoms with Crippen LogP contribution in [0.2, 0.25) is 0 Å². The summed E-state index contributed by atoms with van der Waals surface area (Å²) in [6.45, 7) is 3.83. The SMILES string of the molecule is Cc1nc(N2CCCCC2)c2[nH]c(-c3ccc(SC(F)(F)F)cc3)cc2n1.Cl.O. The van der Waals surface area contributed by atoms with E-state index in [-0.39, 0.29) is 34.5 Å². The van der Waals surface area contributed by atoms with Crippen LogP contribution in [0.15, 0.2) is 35.2 Å². The highest BCUT2D eigenvalue weighted by Crippen LogP contribution is 2.38.